The van der Waals surface area contributed by atoms with Crippen molar-refractivity contribution in [2.75, 3.05) is 24.6 Å². The smallest absolute Gasteiger partial charge is 0.152 e. The van der Waals surface area contributed by atoms with E-state index in [-0.39, 0.29) is 0 Å². The van der Waals surface area contributed by atoms with Crippen LogP contribution in [0.4, 0.5) is 5.69 Å². The van der Waals surface area contributed by atoms with Gasteiger partial charge in [0.05, 0.1) is 6.10 Å². The molecule has 0 bridgehead atoms. The van der Waals surface area contributed by atoms with Crippen LogP contribution in [-0.4, -0.2) is 32.1 Å². The van der Waals surface area contributed by atoms with Gasteiger partial charge < -0.3 is 9.64 Å². The van der Waals surface area contributed by atoms with E-state index in [4.69, 9.17) is 4.74 Å². The molecular formula is C14H19NO2. The summed E-state index contributed by atoms with van der Waals surface area (Å²) in [5.41, 5.74) is 1.80. The van der Waals surface area contributed by atoms with Gasteiger partial charge in [0.1, 0.15) is 0 Å². The fourth-order valence-corrected chi connectivity index (χ4v) is 2.40. The Balaban J connectivity index is 2.13. The summed E-state index contributed by atoms with van der Waals surface area (Å²) in [6.45, 7) is 4.68. The van der Waals surface area contributed by atoms with Crippen molar-refractivity contribution in [3.63, 3.8) is 0 Å². The third kappa shape index (κ3) is 2.86. The molecule has 3 heteroatoms. The lowest BCUT2D eigenvalue weighted by molar-refractivity contribution is 0.0526. The zero-order valence-corrected chi connectivity index (χ0v) is 10.3. The van der Waals surface area contributed by atoms with E-state index in [2.05, 4.69) is 4.90 Å². The number of carbonyl (C=O) groups excluding carboxylic acids is 1. The number of ether oxygens (including phenoxy) is 1. The summed E-state index contributed by atoms with van der Waals surface area (Å²) in [5, 5.41) is 0. The molecule has 0 saturated carbocycles. The van der Waals surface area contributed by atoms with E-state index in [1.165, 1.54) is 0 Å². The van der Waals surface area contributed by atoms with Gasteiger partial charge in [-0.15, -0.1) is 0 Å². The number of hydrogen-bond donors (Lipinski definition) is 0. The lowest BCUT2D eigenvalue weighted by atomic mass is 10.1. The average molecular weight is 233 g/mol. The molecule has 0 aromatic heterocycles. The highest BCUT2D eigenvalue weighted by atomic mass is 16.5. The summed E-state index contributed by atoms with van der Waals surface area (Å²) in [6.07, 6.45) is 3.47. The number of para-hydroxylation sites is 1. The van der Waals surface area contributed by atoms with Gasteiger partial charge in [0, 0.05) is 30.9 Å². The zero-order chi connectivity index (χ0) is 12.1. The molecule has 3 nitrogen and oxygen atoms in total. The van der Waals surface area contributed by atoms with Crippen LogP contribution in [0.15, 0.2) is 24.3 Å². The van der Waals surface area contributed by atoms with Crippen LogP contribution in [0, 0.1) is 0 Å². The maximum atomic E-state index is 11.0. The van der Waals surface area contributed by atoms with Gasteiger partial charge in [-0.25, -0.2) is 0 Å². The van der Waals surface area contributed by atoms with Crippen molar-refractivity contribution in [3.8, 4) is 0 Å². The van der Waals surface area contributed by atoms with Crippen LogP contribution in [0.2, 0.25) is 0 Å². The highest BCUT2D eigenvalue weighted by molar-refractivity contribution is 5.84. The van der Waals surface area contributed by atoms with Crippen molar-refractivity contribution in [2.24, 2.45) is 0 Å². The van der Waals surface area contributed by atoms with Crippen molar-refractivity contribution < 1.29 is 9.53 Å². The van der Waals surface area contributed by atoms with Gasteiger partial charge in [-0.05, 0) is 31.9 Å². The Morgan fingerprint density at radius 3 is 3.06 bits per heavy atom. The minimum absolute atomic E-state index is 0.299. The average Bonchev–Trinajstić information content (AvgIpc) is 2.39. The number of benzene rings is 1. The first-order valence-corrected chi connectivity index (χ1v) is 6.26. The maximum Gasteiger partial charge on any atom is 0.152 e. The van der Waals surface area contributed by atoms with Gasteiger partial charge >= 0.3 is 0 Å². The molecule has 1 saturated heterocycles. The predicted molar refractivity (Wildman–Crippen MR) is 68.7 cm³/mol. The Morgan fingerprint density at radius 1 is 1.47 bits per heavy atom. The number of aldehydes is 1. The summed E-state index contributed by atoms with van der Waals surface area (Å²) in [7, 11) is 0. The molecule has 1 unspecified atom stereocenters. The number of rotatable bonds is 4. The van der Waals surface area contributed by atoms with Crippen LogP contribution in [-0.2, 0) is 4.74 Å². The second-order valence-electron chi connectivity index (χ2n) is 4.34. The van der Waals surface area contributed by atoms with Gasteiger partial charge in [-0.1, -0.05) is 12.1 Å². The summed E-state index contributed by atoms with van der Waals surface area (Å²) in [6, 6.07) is 7.76. The van der Waals surface area contributed by atoms with Crippen LogP contribution in [0.1, 0.15) is 30.1 Å². The van der Waals surface area contributed by atoms with E-state index in [1.54, 1.807) is 0 Å². The molecule has 1 atom stereocenters. The van der Waals surface area contributed by atoms with E-state index < -0.39 is 0 Å². The van der Waals surface area contributed by atoms with Crippen molar-refractivity contribution in [2.45, 2.75) is 25.9 Å². The maximum absolute atomic E-state index is 11.0. The first-order valence-electron chi connectivity index (χ1n) is 6.26. The minimum atomic E-state index is 0.299. The Kier molecular flexibility index (Phi) is 4.15. The monoisotopic (exact) mass is 233 g/mol. The number of carbonyl (C=O) groups is 1. The topological polar surface area (TPSA) is 29.5 Å². The molecule has 1 heterocycles. The molecule has 1 aromatic rings. The normalized spacial score (nSPS) is 20.3. The quantitative estimate of drug-likeness (QED) is 0.748. The second-order valence-corrected chi connectivity index (χ2v) is 4.34. The number of piperidine rings is 1. The third-order valence-corrected chi connectivity index (χ3v) is 3.18. The molecule has 1 aromatic carbocycles. The van der Waals surface area contributed by atoms with Gasteiger partial charge in [0.25, 0.3) is 0 Å². The Labute approximate surface area is 102 Å². The Morgan fingerprint density at radius 2 is 2.29 bits per heavy atom. The molecule has 0 amide bonds. The van der Waals surface area contributed by atoms with Crippen molar-refractivity contribution in [3.05, 3.63) is 29.8 Å². The molecule has 2 rings (SSSR count). The minimum Gasteiger partial charge on any atom is -0.377 e. The fraction of sp³-hybridized carbons (Fsp3) is 0.500. The largest absolute Gasteiger partial charge is 0.377 e. The molecule has 0 aliphatic carbocycles. The van der Waals surface area contributed by atoms with Crippen molar-refractivity contribution in [1.82, 2.24) is 0 Å². The Hall–Kier alpha value is -1.35. The van der Waals surface area contributed by atoms with Crippen molar-refractivity contribution in [1.29, 1.82) is 0 Å². The van der Waals surface area contributed by atoms with Crippen LogP contribution in [0.3, 0.4) is 0 Å². The summed E-state index contributed by atoms with van der Waals surface area (Å²) in [4.78, 5) is 13.3. The highest BCUT2D eigenvalue weighted by Crippen LogP contribution is 2.24. The van der Waals surface area contributed by atoms with E-state index in [9.17, 15) is 4.79 Å². The zero-order valence-electron chi connectivity index (χ0n) is 10.3. The first kappa shape index (κ1) is 12.1. The van der Waals surface area contributed by atoms with Crippen LogP contribution < -0.4 is 4.90 Å². The van der Waals surface area contributed by atoms with Crippen molar-refractivity contribution >= 4 is 12.0 Å². The SMILES string of the molecule is CCOC1CCCN(c2ccccc2C=O)C1. The van der Waals surface area contributed by atoms with Crippen LogP contribution in [0.5, 0.6) is 0 Å². The van der Waals surface area contributed by atoms with E-state index in [0.717, 1.165) is 50.1 Å². The highest BCUT2D eigenvalue weighted by Gasteiger charge is 2.21. The van der Waals surface area contributed by atoms with Gasteiger partial charge in [-0.2, -0.15) is 0 Å². The number of hydrogen-bond acceptors (Lipinski definition) is 3. The van der Waals surface area contributed by atoms with Gasteiger partial charge in [0.2, 0.25) is 0 Å². The third-order valence-electron chi connectivity index (χ3n) is 3.18. The predicted octanol–water partition coefficient (Wildman–Crippen LogP) is 2.50. The van der Waals surface area contributed by atoms with Crippen LogP contribution in [0.25, 0.3) is 0 Å². The van der Waals surface area contributed by atoms with Gasteiger partial charge in [0.15, 0.2) is 6.29 Å². The summed E-state index contributed by atoms with van der Waals surface area (Å²) >= 11 is 0. The first-order chi connectivity index (χ1) is 8.35. The molecule has 1 aliphatic rings. The molecule has 1 aliphatic heterocycles. The summed E-state index contributed by atoms with van der Waals surface area (Å²) < 4.78 is 5.68. The number of anilines is 1. The molecule has 0 spiro atoms. The van der Waals surface area contributed by atoms with Crippen LogP contribution >= 0.6 is 0 Å². The molecule has 0 radical (unpaired) electrons. The number of nitrogens with zero attached hydrogens (tertiary/aromatic N) is 1. The fourth-order valence-electron chi connectivity index (χ4n) is 2.40. The standard InChI is InChI=1S/C14H19NO2/c1-2-17-13-7-5-9-15(10-13)14-8-4-3-6-12(14)11-16/h3-4,6,8,11,13H,2,5,7,9-10H2,1H3. The molecule has 17 heavy (non-hydrogen) atoms. The Bertz CT molecular complexity index is 376. The lowest BCUT2D eigenvalue weighted by Gasteiger charge is -2.34. The lowest BCUT2D eigenvalue weighted by Crippen LogP contribution is -2.40. The molecular weight excluding hydrogens is 214 g/mol. The van der Waals surface area contributed by atoms with E-state index in [1.807, 2.05) is 31.2 Å². The van der Waals surface area contributed by atoms with E-state index >= 15 is 0 Å². The molecule has 0 N–H and O–H groups in total. The second kappa shape index (κ2) is 5.82. The molecule has 92 valence electrons. The van der Waals surface area contributed by atoms with Gasteiger partial charge in [-0.3, -0.25) is 4.79 Å². The van der Waals surface area contributed by atoms with E-state index in [0.29, 0.717) is 6.10 Å². The summed E-state index contributed by atoms with van der Waals surface area (Å²) in [5.74, 6) is 0. The molecule has 1 fully saturated rings.